The van der Waals surface area contributed by atoms with Crippen molar-refractivity contribution in [2.24, 2.45) is 0 Å². The zero-order chi connectivity index (χ0) is 10.1. The van der Waals surface area contributed by atoms with Crippen LogP contribution < -0.4 is 5.73 Å². The van der Waals surface area contributed by atoms with Gasteiger partial charge in [0.2, 0.25) is 0 Å². The van der Waals surface area contributed by atoms with Crippen molar-refractivity contribution in [1.82, 2.24) is 4.98 Å². The van der Waals surface area contributed by atoms with Crippen LogP contribution in [0.25, 0.3) is 10.9 Å². The molecular weight excluding hydrogens is 287 g/mol. The lowest BCUT2D eigenvalue weighted by Crippen LogP contribution is -1.94. The number of hydrogen-bond donors (Lipinski definition) is 1. The second-order valence-corrected chi connectivity index (χ2v) is 4.46. The summed E-state index contributed by atoms with van der Waals surface area (Å²) in [5, 5.41) is 1.05. The summed E-state index contributed by atoms with van der Waals surface area (Å²) in [5.74, 6) is 0. The van der Waals surface area contributed by atoms with Gasteiger partial charge in [-0.05, 0) is 53.3 Å². The summed E-state index contributed by atoms with van der Waals surface area (Å²) in [6.45, 7) is 2.08. The lowest BCUT2D eigenvalue weighted by molar-refractivity contribution is 1.06. The van der Waals surface area contributed by atoms with E-state index < -0.39 is 0 Å². The van der Waals surface area contributed by atoms with E-state index in [-0.39, 0.29) is 0 Å². The number of benzene rings is 1. The van der Waals surface area contributed by atoms with Crippen molar-refractivity contribution in [1.29, 1.82) is 0 Å². The second-order valence-electron chi connectivity index (χ2n) is 3.22. The summed E-state index contributed by atoms with van der Waals surface area (Å²) in [4.78, 5) is 4.51. The van der Waals surface area contributed by atoms with Crippen molar-refractivity contribution in [3.05, 3.63) is 33.5 Å². The third-order valence-electron chi connectivity index (χ3n) is 2.22. The number of rotatable bonds is 1. The maximum absolute atomic E-state index is 5.96. The predicted octanol–water partition coefficient (Wildman–Crippen LogP) is 2.98. The van der Waals surface area contributed by atoms with Crippen molar-refractivity contribution in [3.8, 4) is 0 Å². The van der Waals surface area contributed by atoms with Gasteiger partial charge in [0.15, 0.2) is 0 Å². The molecule has 0 atom stereocenters. The van der Waals surface area contributed by atoms with Crippen molar-refractivity contribution in [2.75, 3.05) is 5.73 Å². The first-order chi connectivity index (χ1) is 6.70. The fourth-order valence-electron chi connectivity index (χ4n) is 1.46. The standard InChI is InChI=1S/C11H11IN2/c1-2-8-6-10(13)9-5-7(12)3-4-11(9)14-8/h3-6H,2H2,1H3,(H2,13,14). The Morgan fingerprint density at radius 1 is 1.36 bits per heavy atom. The second kappa shape index (κ2) is 3.73. The molecule has 2 nitrogen and oxygen atoms in total. The molecule has 2 aromatic rings. The lowest BCUT2D eigenvalue weighted by atomic mass is 10.1. The van der Waals surface area contributed by atoms with Gasteiger partial charge >= 0.3 is 0 Å². The molecule has 0 aliphatic heterocycles. The first-order valence-corrected chi connectivity index (χ1v) is 5.63. The number of nitrogens with two attached hydrogens (primary N) is 1. The van der Waals surface area contributed by atoms with E-state index in [9.17, 15) is 0 Å². The van der Waals surface area contributed by atoms with Crippen molar-refractivity contribution in [2.45, 2.75) is 13.3 Å². The van der Waals surface area contributed by atoms with Crippen molar-refractivity contribution in [3.63, 3.8) is 0 Å². The van der Waals surface area contributed by atoms with Gasteiger partial charge in [0.05, 0.1) is 5.52 Å². The zero-order valence-electron chi connectivity index (χ0n) is 7.92. The van der Waals surface area contributed by atoms with Crippen LogP contribution in [0.3, 0.4) is 0 Å². The Bertz CT molecular complexity index is 480. The lowest BCUT2D eigenvalue weighted by Gasteiger charge is -2.04. The van der Waals surface area contributed by atoms with Gasteiger partial charge in [-0.2, -0.15) is 0 Å². The Hall–Kier alpha value is -0.840. The molecule has 2 rings (SSSR count). The highest BCUT2D eigenvalue weighted by Crippen LogP contribution is 2.22. The van der Waals surface area contributed by atoms with E-state index in [2.05, 4.69) is 46.6 Å². The van der Waals surface area contributed by atoms with E-state index in [4.69, 9.17) is 5.73 Å². The predicted molar refractivity (Wildman–Crippen MR) is 68.3 cm³/mol. The molecule has 0 radical (unpaired) electrons. The quantitative estimate of drug-likeness (QED) is 0.822. The van der Waals surface area contributed by atoms with Crippen LogP contribution in [0.4, 0.5) is 5.69 Å². The number of anilines is 1. The topological polar surface area (TPSA) is 38.9 Å². The van der Waals surface area contributed by atoms with Gasteiger partial charge in [0, 0.05) is 20.3 Å². The number of nitrogens with zero attached hydrogens (tertiary/aromatic N) is 1. The third kappa shape index (κ3) is 1.68. The molecule has 0 unspecified atom stereocenters. The highest BCUT2D eigenvalue weighted by atomic mass is 127. The normalized spacial score (nSPS) is 10.7. The van der Waals surface area contributed by atoms with Gasteiger partial charge in [-0.25, -0.2) is 0 Å². The van der Waals surface area contributed by atoms with Crippen LogP contribution in [0, 0.1) is 3.57 Å². The number of nitrogen functional groups attached to an aromatic ring is 1. The zero-order valence-corrected chi connectivity index (χ0v) is 10.1. The van der Waals surface area contributed by atoms with E-state index in [0.717, 1.165) is 28.7 Å². The number of aryl methyl sites for hydroxylation is 1. The molecular formula is C11H11IN2. The Kier molecular flexibility index (Phi) is 2.58. The summed E-state index contributed by atoms with van der Waals surface area (Å²) in [7, 11) is 0. The number of hydrogen-bond acceptors (Lipinski definition) is 2. The van der Waals surface area contributed by atoms with Crippen LogP contribution in [-0.2, 0) is 6.42 Å². The molecule has 0 bridgehead atoms. The van der Waals surface area contributed by atoms with Crippen LogP contribution in [0.2, 0.25) is 0 Å². The monoisotopic (exact) mass is 298 g/mol. The van der Waals surface area contributed by atoms with Gasteiger partial charge in [0.1, 0.15) is 0 Å². The molecule has 1 heterocycles. The summed E-state index contributed by atoms with van der Waals surface area (Å²) >= 11 is 2.28. The molecule has 0 aliphatic carbocycles. The Morgan fingerprint density at radius 3 is 2.86 bits per heavy atom. The third-order valence-corrected chi connectivity index (χ3v) is 2.89. The average Bonchev–Trinajstić information content (AvgIpc) is 2.19. The Labute approximate surface area is 96.7 Å². The highest BCUT2D eigenvalue weighted by molar-refractivity contribution is 14.1. The fraction of sp³-hybridized carbons (Fsp3) is 0.182. The van der Waals surface area contributed by atoms with Gasteiger partial charge in [-0.3, -0.25) is 4.98 Å². The highest BCUT2D eigenvalue weighted by Gasteiger charge is 2.02. The van der Waals surface area contributed by atoms with E-state index >= 15 is 0 Å². The molecule has 2 N–H and O–H groups in total. The van der Waals surface area contributed by atoms with Gasteiger partial charge in [-0.15, -0.1) is 0 Å². The average molecular weight is 298 g/mol. The first-order valence-electron chi connectivity index (χ1n) is 4.55. The summed E-state index contributed by atoms with van der Waals surface area (Å²) in [6, 6.07) is 8.09. The molecule has 14 heavy (non-hydrogen) atoms. The Morgan fingerprint density at radius 2 is 2.14 bits per heavy atom. The number of pyridine rings is 1. The number of fused-ring (bicyclic) bond motifs is 1. The first kappa shape index (κ1) is 9.71. The molecule has 0 saturated heterocycles. The molecule has 1 aromatic heterocycles. The van der Waals surface area contributed by atoms with E-state index in [1.54, 1.807) is 0 Å². The molecule has 3 heteroatoms. The van der Waals surface area contributed by atoms with E-state index in [0.29, 0.717) is 0 Å². The van der Waals surface area contributed by atoms with E-state index in [1.807, 2.05) is 12.1 Å². The maximum atomic E-state index is 5.96. The van der Waals surface area contributed by atoms with Crippen LogP contribution in [0.1, 0.15) is 12.6 Å². The minimum absolute atomic E-state index is 0.824. The van der Waals surface area contributed by atoms with Crippen LogP contribution >= 0.6 is 22.6 Å². The minimum atomic E-state index is 0.824. The molecule has 1 aromatic carbocycles. The molecule has 0 fully saturated rings. The van der Waals surface area contributed by atoms with Crippen molar-refractivity contribution < 1.29 is 0 Å². The van der Waals surface area contributed by atoms with Crippen LogP contribution in [0.5, 0.6) is 0 Å². The number of aromatic nitrogens is 1. The largest absolute Gasteiger partial charge is 0.398 e. The van der Waals surface area contributed by atoms with Crippen molar-refractivity contribution >= 4 is 39.2 Å². The summed E-state index contributed by atoms with van der Waals surface area (Å²) in [5.41, 5.74) is 8.82. The van der Waals surface area contributed by atoms with Crippen LogP contribution in [0.15, 0.2) is 24.3 Å². The van der Waals surface area contributed by atoms with Gasteiger partial charge < -0.3 is 5.73 Å². The fourth-order valence-corrected chi connectivity index (χ4v) is 1.95. The number of halogens is 1. The van der Waals surface area contributed by atoms with Crippen LogP contribution in [-0.4, -0.2) is 4.98 Å². The molecule has 0 aliphatic rings. The minimum Gasteiger partial charge on any atom is -0.398 e. The van der Waals surface area contributed by atoms with E-state index in [1.165, 1.54) is 3.57 Å². The van der Waals surface area contributed by atoms with Gasteiger partial charge in [-0.1, -0.05) is 6.92 Å². The molecule has 0 amide bonds. The summed E-state index contributed by atoms with van der Waals surface area (Å²) in [6.07, 6.45) is 0.923. The maximum Gasteiger partial charge on any atom is 0.0726 e. The molecule has 72 valence electrons. The molecule has 0 saturated carbocycles. The Balaban J connectivity index is 2.76. The smallest absolute Gasteiger partial charge is 0.0726 e. The SMILES string of the molecule is CCc1cc(N)c2cc(I)ccc2n1. The molecule has 0 spiro atoms. The summed E-state index contributed by atoms with van der Waals surface area (Å²) < 4.78 is 1.19. The van der Waals surface area contributed by atoms with Gasteiger partial charge in [0.25, 0.3) is 0 Å².